The summed E-state index contributed by atoms with van der Waals surface area (Å²) in [5.41, 5.74) is -0.242. The number of fused-ring (bicyclic) bond motifs is 1. The Kier molecular flexibility index (Phi) is 4.49. The van der Waals surface area contributed by atoms with Gasteiger partial charge in [-0.05, 0) is 18.8 Å². The number of carbonyl (C=O) groups is 1. The molecular weight excluding hydrogens is 304 g/mol. The Morgan fingerprint density at radius 2 is 2.09 bits per heavy atom. The summed E-state index contributed by atoms with van der Waals surface area (Å²) in [4.78, 5) is 14.5. The van der Waals surface area contributed by atoms with Crippen molar-refractivity contribution in [1.29, 1.82) is 0 Å². The molecule has 2 aliphatic heterocycles. The maximum absolute atomic E-state index is 12.5. The molecule has 2 heterocycles. The molecule has 0 aromatic heterocycles. The summed E-state index contributed by atoms with van der Waals surface area (Å²) < 4.78 is 31.0. The third kappa shape index (κ3) is 3.46. The first-order valence-corrected chi connectivity index (χ1v) is 10.1. The van der Waals surface area contributed by atoms with E-state index in [-0.39, 0.29) is 17.2 Å². The number of sulfonamides is 1. The van der Waals surface area contributed by atoms with Gasteiger partial charge in [-0.15, -0.1) is 0 Å². The zero-order valence-electron chi connectivity index (χ0n) is 13.2. The molecule has 0 spiro atoms. The van der Waals surface area contributed by atoms with Gasteiger partial charge in [-0.1, -0.05) is 12.8 Å². The molecule has 0 unspecified atom stereocenters. The van der Waals surface area contributed by atoms with Crippen molar-refractivity contribution in [3.8, 4) is 0 Å². The minimum absolute atomic E-state index is 0.236. The fraction of sp³-hybridized carbons (Fsp3) is 0.933. The van der Waals surface area contributed by atoms with E-state index in [0.717, 1.165) is 0 Å². The van der Waals surface area contributed by atoms with Crippen molar-refractivity contribution in [1.82, 2.24) is 9.62 Å². The number of hydrogen-bond acceptors (Lipinski definition) is 4. The second kappa shape index (κ2) is 6.09. The molecule has 0 aromatic carbocycles. The summed E-state index contributed by atoms with van der Waals surface area (Å²) in [6, 6.07) is 0. The van der Waals surface area contributed by atoms with Gasteiger partial charge in [0.15, 0.2) is 0 Å². The van der Waals surface area contributed by atoms with Crippen LogP contribution in [0.25, 0.3) is 0 Å². The van der Waals surface area contributed by atoms with Gasteiger partial charge in [-0.3, -0.25) is 4.79 Å². The van der Waals surface area contributed by atoms with Gasteiger partial charge in [-0.25, -0.2) is 13.1 Å². The highest BCUT2D eigenvalue weighted by molar-refractivity contribution is 7.88. The lowest BCUT2D eigenvalue weighted by Gasteiger charge is -2.27. The maximum Gasteiger partial charge on any atom is 0.222 e. The molecule has 3 fully saturated rings. The summed E-state index contributed by atoms with van der Waals surface area (Å²) in [5.74, 6) is 1.03. The Morgan fingerprint density at radius 3 is 2.77 bits per heavy atom. The van der Waals surface area contributed by atoms with E-state index in [4.69, 9.17) is 4.74 Å². The molecule has 3 aliphatic rings. The van der Waals surface area contributed by atoms with Crippen LogP contribution in [0.4, 0.5) is 0 Å². The molecule has 0 bridgehead atoms. The minimum Gasteiger partial charge on any atom is -0.380 e. The summed E-state index contributed by atoms with van der Waals surface area (Å²) in [7, 11) is -3.22. The molecule has 22 heavy (non-hydrogen) atoms. The molecule has 1 amide bonds. The number of ether oxygens (including phenoxy) is 1. The van der Waals surface area contributed by atoms with Crippen LogP contribution >= 0.6 is 0 Å². The van der Waals surface area contributed by atoms with Crippen LogP contribution in [0.15, 0.2) is 0 Å². The van der Waals surface area contributed by atoms with Crippen LogP contribution in [0.2, 0.25) is 0 Å². The molecule has 0 radical (unpaired) electrons. The Labute approximate surface area is 132 Å². The maximum atomic E-state index is 12.5. The Hall–Kier alpha value is -0.660. The van der Waals surface area contributed by atoms with E-state index < -0.39 is 10.0 Å². The van der Waals surface area contributed by atoms with E-state index >= 15 is 0 Å². The number of carbonyl (C=O) groups excluding carboxylic acids is 1. The lowest BCUT2D eigenvalue weighted by atomic mass is 9.81. The Bertz CT molecular complexity index is 530. The van der Waals surface area contributed by atoms with Gasteiger partial charge >= 0.3 is 0 Å². The molecule has 2 atom stereocenters. The van der Waals surface area contributed by atoms with Gasteiger partial charge in [0.05, 0.1) is 19.5 Å². The smallest absolute Gasteiger partial charge is 0.222 e. The molecule has 1 N–H and O–H groups in total. The van der Waals surface area contributed by atoms with E-state index in [2.05, 4.69) is 4.72 Å². The van der Waals surface area contributed by atoms with Crippen LogP contribution in [0.1, 0.15) is 32.1 Å². The van der Waals surface area contributed by atoms with Crippen molar-refractivity contribution < 1.29 is 17.9 Å². The number of likely N-dealkylation sites (tertiary alicyclic amines) is 1. The van der Waals surface area contributed by atoms with Crippen molar-refractivity contribution >= 4 is 15.9 Å². The van der Waals surface area contributed by atoms with Crippen LogP contribution < -0.4 is 4.72 Å². The third-order valence-corrected chi connectivity index (χ3v) is 6.17. The number of rotatable bonds is 5. The lowest BCUT2D eigenvalue weighted by molar-refractivity contribution is -0.131. The highest BCUT2D eigenvalue weighted by Gasteiger charge is 2.51. The molecule has 7 heteroatoms. The first kappa shape index (κ1) is 16.2. The van der Waals surface area contributed by atoms with Gasteiger partial charge in [0.1, 0.15) is 0 Å². The van der Waals surface area contributed by atoms with E-state index in [0.29, 0.717) is 45.2 Å². The van der Waals surface area contributed by atoms with Crippen molar-refractivity contribution in [3.05, 3.63) is 0 Å². The van der Waals surface area contributed by atoms with Crippen LogP contribution in [0, 0.1) is 17.3 Å². The Morgan fingerprint density at radius 1 is 1.36 bits per heavy atom. The quantitative estimate of drug-likeness (QED) is 0.800. The average Bonchev–Trinajstić information content (AvgIpc) is 3.09. The predicted molar refractivity (Wildman–Crippen MR) is 82.7 cm³/mol. The summed E-state index contributed by atoms with van der Waals surface area (Å²) >= 11 is 0. The molecule has 3 rings (SSSR count). The number of nitrogens with one attached hydrogen (secondary N) is 1. The molecule has 2 saturated heterocycles. The van der Waals surface area contributed by atoms with Crippen LogP contribution in [-0.2, 0) is 19.6 Å². The number of amides is 1. The van der Waals surface area contributed by atoms with E-state index in [1.54, 1.807) is 0 Å². The number of hydrogen-bond donors (Lipinski definition) is 1. The Balaban J connectivity index is 1.61. The molecule has 1 saturated carbocycles. The third-order valence-electron chi connectivity index (χ3n) is 5.50. The largest absolute Gasteiger partial charge is 0.380 e. The zero-order chi connectivity index (χ0) is 15.8. The fourth-order valence-corrected chi connectivity index (χ4v) is 4.69. The molecule has 126 valence electrons. The summed E-state index contributed by atoms with van der Waals surface area (Å²) in [6.07, 6.45) is 6.67. The number of nitrogens with zero attached hydrogens (tertiary/aromatic N) is 1. The average molecular weight is 330 g/mol. The lowest BCUT2D eigenvalue weighted by Crippen LogP contribution is -2.43. The minimum atomic E-state index is -3.22. The fourth-order valence-electron chi connectivity index (χ4n) is 4.14. The van der Waals surface area contributed by atoms with Gasteiger partial charge in [-0.2, -0.15) is 0 Å². The van der Waals surface area contributed by atoms with Gasteiger partial charge < -0.3 is 9.64 Å². The summed E-state index contributed by atoms with van der Waals surface area (Å²) in [5, 5.41) is 0. The molecule has 6 nitrogen and oxygen atoms in total. The topological polar surface area (TPSA) is 75.7 Å². The molecule has 0 aromatic rings. The SMILES string of the molecule is CS(=O)(=O)NC[C@@]12COC[C@@H]1CN(C(=O)CC1CCCC1)C2. The zero-order valence-corrected chi connectivity index (χ0v) is 14.0. The van der Waals surface area contributed by atoms with Crippen LogP contribution in [0.3, 0.4) is 0 Å². The van der Waals surface area contributed by atoms with Crippen molar-refractivity contribution in [2.75, 3.05) is 39.1 Å². The van der Waals surface area contributed by atoms with Gasteiger partial charge in [0.25, 0.3) is 0 Å². The van der Waals surface area contributed by atoms with Crippen molar-refractivity contribution in [2.24, 2.45) is 17.3 Å². The van der Waals surface area contributed by atoms with Crippen molar-refractivity contribution in [3.63, 3.8) is 0 Å². The van der Waals surface area contributed by atoms with Gasteiger partial charge in [0.2, 0.25) is 15.9 Å². The van der Waals surface area contributed by atoms with Gasteiger partial charge in [0, 0.05) is 37.4 Å². The van der Waals surface area contributed by atoms with Crippen LogP contribution in [0.5, 0.6) is 0 Å². The normalized spacial score (nSPS) is 32.6. The standard InChI is InChI=1S/C15H26N2O4S/c1-22(19,20)16-9-15-10-17(7-13(15)8-21-11-15)14(18)6-12-4-2-3-5-12/h12-13,16H,2-11H2,1H3/t13-,15+/m0/s1. The molecule has 1 aliphatic carbocycles. The monoisotopic (exact) mass is 330 g/mol. The predicted octanol–water partition coefficient (Wildman–Crippen LogP) is 0.591. The highest BCUT2D eigenvalue weighted by Crippen LogP contribution is 2.41. The highest BCUT2D eigenvalue weighted by atomic mass is 32.2. The van der Waals surface area contributed by atoms with E-state index in [1.165, 1.54) is 31.9 Å². The second-order valence-electron chi connectivity index (χ2n) is 7.30. The molecular formula is C15H26N2O4S. The summed E-state index contributed by atoms with van der Waals surface area (Å²) in [6.45, 7) is 2.85. The second-order valence-corrected chi connectivity index (χ2v) is 9.13. The first-order chi connectivity index (χ1) is 10.4. The van der Waals surface area contributed by atoms with Crippen LogP contribution in [-0.4, -0.2) is 58.3 Å². The van der Waals surface area contributed by atoms with E-state index in [9.17, 15) is 13.2 Å². The first-order valence-electron chi connectivity index (χ1n) is 8.18. The van der Waals surface area contributed by atoms with E-state index in [1.807, 2.05) is 4.90 Å². The van der Waals surface area contributed by atoms with Crippen molar-refractivity contribution in [2.45, 2.75) is 32.1 Å².